The van der Waals surface area contributed by atoms with Crippen LogP contribution in [0.4, 0.5) is 15.0 Å². The number of H-pyrrole nitrogens is 1. The molecule has 1 atom stereocenters. The van der Waals surface area contributed by atoms with Crippen LogP contribution >= 0.6 is 11.6 Å². The van der Waals surface area contributed by atoms with Gasteiger partial charge in [0, 0.05) is 49.0 Å². The van der Waals surface area contributed by atoms with E-state index in [0.29, 0.717) is 55.0 Å². The van der Waals surface area contributed by atoms with E-state index in [-0.39, 0.29) is 23.9 Å². The molecule has 2 aliphatic heterocycles. The van der Waals surface area contributed by atoms with Crippen molar-refractivity contribution < 1.29 is 18.7 Å². The highest BCUT2D eigenvalue weighted by molar-refractivity contribution is 6.31. The topological polar surface area (TPSA) is 105 Å². The van der Waals surface area contributed by atoms with Crippen LogP contribution in [0.1, 0.15) is 6.42 Å². The Balaban J connectivity index is 1.22. The number of hydrogen-bond acceptors (Lipinski definition) is 7. The maximum atomic E-state index is 14.3. The Kier molecular flexibility index (Phi) is 5.33. The van der Waals surface area contributed by atoms with E-state index in [1.807, 2.05) is 0 Å². The van der Waals surface area contributed by atoms with Gasteiger partial charge in [-0.3, -0.25) is 0 Å². The fourth-order valence-corrected chi connectivity index (χ4v) is 3.83. The van der Waals surface area contributed by atoms with Crippen LogP contribution < -0.4 is 5.32 Å². The lowest BCUT2D eigenvalue weighted by molar-refractivity contribution is 0.0616. The Morgan fingerprint density at radius 3 is 3.06 bits per heavy atom. The standard InChI is InChI=1S/C20H20ClFN6O3/c21-12-3-14-15(5-24-17(14)23-4-12)18-25-6-16(22)19(27-18)26-13-7-28(8-13)20(29)31-10-11-1-2-30-9-11/h3-6,11,13H,1-2,7-10H2,(H,23,24)(H,25,26,27). The molecule has 31 heavy (non-hydrogen) atoms. The summed E-state index contributed by atoms with van der Waals surface area (Å²) >= 11 is 6.05. The molecule has 0 aromatic carbocycles. The van der Waals surface area contributed by atoms with Crippen molar-refractivity contribution in [2.45, 2.75) is 12.5 Å². The van der Waals surface area contributed by atoms with E-state index in [2.05, 4.69) is 25.3 Å². The predicted molar refractivity (Wildman–Crippen MR) is 111 cm³/mol. The second-order valence-electron chi connectivity index (χ2n) is 7.69. The zero-order valence-corrected chi connectivity index (χ0v) is 17.2. The molecular weight excluding hydrogens is 427 g/mol. The number of fused-ring (bicyclic) bond motifs is 1. The minimum absolute atomic E-state index is 0.0791. The van der Waals surface area contributed by atoms with Gasteiger partial charge in [0.1, 0.15) is 5.65 Å². The van der Waals surface area contributed by atoms with E-state index >= 15 is 0 Å². The Morgan fingerprint density at radius 2 is 2.26 bits per heavy atom. The first kappa shape index (κ1) is 20.0. The number of aromatic nitrogens is 4. The normalized spacial score (nSPS) is 18.9. The molecule has 1 unspecified atom stereocenters. The van der Waals surface area contributed by atoms with Crippen LogP contribution in [0.25, 0.3) is 22.4 Å². The van der Waals surface area contributed by atoms with Crippen molar-refractivity contribution in [1.29, 1.82) is 0 Å². The van der Waals surface area contributed by atoms with Crippen molar-refractivity contribution >= 4 is 34.5 Å². The molecule has 0 bridgehead atoms. The Labute approximate surface area is 181 Å². The van der Waals surface area contributed by atoms with Crippen LogP contribution in [0.5, 0.6) is 0 Å². The number of anilines is 1. The average Bonchev–Trinajstić information content (AvgIpc) is 3.39. The summed E-state index contributed by atoms with van der Waals surface area (Å²) in [6, 6.07) is 1.63. The van der Waals surface area contributed by atoms with Crippen LogP contribution in [0.2, 0.25) is 5.02 Å². The molecule has 2 N–H and O–H groups in total. The number of halogens is 2. The monoisotopic (exact) mass is 446 g/mol. The number of nitrogens with zero attached hydrogens (tertiary/aromatic N) is 4. The van der Waals surface area contributed by atoms with Gasteiger partial charge in [0.05, 0.1) is 30.5 Å². The SMILES string of the molecule is O=C(OCC1CCOC1)N1CC(Nc2nc(-c3c[nH]c4ncc(Cl)cc34)ncc2F)C1. The van der Waals surface area contributed by atoms with E-state index in [1.54, 1.807) is 17.2 Å². The van der Waals surface area contributed by atoms with Crippen molar-refractivity contribution in [3.63, 3.8) is 0 Å². The number of carbonyl (C=O) groups excluding carboxylic acids is 1. The molecule has 11 heteroatoms. The first-order valence-electron chi connectivity index (χ1n) is 9.98. The highest BCUT2D eigenvalue weighted by Crippen LogP contribution is 2.28. The lowest BCUT2D eigenvalue weighted by Gasteiger charge is -2.38. The molecule has 3 aromatic rings. The van der Waals surface area contributed by atoms with Gasteiger partial charge in [-0.05, 0) is 12.5 Å². The molecule has 1 amide bonds. The molecule has 3 aromatic heterocycles. The lowest BCUT2D eigenvalue weighted by Crippen LogP contribution is -2.57. The van der Waals surface area contributed by atoms with Gasteiger partial charge in [0.25, 0.3) is 0 Å². The van der Waals surface area contributed by atoms with Gasteiger partial charge in [-0.2, -0.15) is 0 Å². The van der Waals surface area contributed by atoms with Crippen molar-refractivity contribution in [1.82, 2.24) is 24.8 Å². The third-order valence-electron chi connectivity index (χ3n) is 5.43. The van der Waals surface area contributed by atoms with Gasteiger partial charge in [-0.1, -0.05) is 11.6 Å². The molecule has 0 radical (unpaired) electrons. The summed E-state index contributed by atoms with van der Waals surface area (Å²) in [5.41, 5.74) is 1.31. The van der Waals surface area contributed by atoms with Gasteiger partial charge in [-0.15, -0.1) is 0 Å². The summed E-state index contributed by atoms with van der Waals surface area (Å²) in [5, 5.41) is 4.27. The minimum atomic E-state index is -0.568. The van der Waals surface area contributed by atoms with Gasteiger partial charge < -0.3 is 24.7 Å². The summed E-state index contributed by atoms with van der Waals surface area (Å²) in [5.74, 6) is 0.119. The van der Waals surface area contributed by atoms with E-state index in [0.717, 1.165) is 18.0 Å². The summed E-state index contributed by atoms with van der Waals surface area (Å²) < 4.78 is 24.9. The first-order valence-corrected chi connectivity index (χ1v) is 10.4. The average molecular weight is 447 g/mol. The predicted octanol–water partition coefficient (Wildman–Crippen LogP) is 3.08. The quantitative estimate of drug-likeness (QED) is 0.620. The van der Waals surface area contributed by atoms with Crippen molar-refractivity contribution in [2.75, 3.05) is 38.2 Å². The smallest absolute Gasteiger partial charge is 0.409 e. The fourth-order valence-electron chi connectivity index (χ4n) is 3.67. The maximum Gasteiger partial charge on any atom is 0.409 e. The molecular formula is C20H20ClFN6O3. The highest BCUT2D eigenvalue weighted by Gasteiger charge is 2.33. The molecule has 0 spiro atoms. The molecule has 5 heterocycles. The van der Waals surface area contributed by atoms with Gasteiger partial charge >= 0.3 is 6.09 Å². The summed E-state index contributed by atoms with van der Waals surface area (Å²) in [6.45, 7) is 2.52. The van der Waals surface area contributed by atoms with Crippen molar-refractivity contribution in [2.24, 2.45) is 5.92 Å². The van der Waals surface area contributed by atoms with E-state index in [4.69, 9.17) is 21.1 Å². The van der Waals surface area contributed by atoms with Crippen LogP contribution in [0, 0.1) is 11.7 Å². The summed E-state index contributed by atoms with van der Waals surface area (Å²) in [7, 11) is 0. The van der Waals surface area contributed by atoms with E-state index in [9.17, 15) is 9.18 Å². The van der Waals surface area contributed by atoms with E-state index < -0.39 is 5.82 Å². The van der Waals surface area contributed by atoms with Gasteiger partial charge in [0.15, 0.2) is 17.5 Å². The molecule has 2 saturated heterocycles. The lowest BCUT2D eigenvalue weighted by atomic mass is 10.1. The van der Waals surface area contributed by atoms with Gasteiger partial charge in [-0.25, -0.2) is 24.1 Å². The number of aromatic amines is 1. The van der Waals surface area contributed by atoms with Crippen LogP contribution in [0.3, 0.4) is 0 Å². The zero-order valence-electron chi connectivity index (χ0n) is 16.5. The fraction of sp³-hybridized carbons (Fsp3) is 0.400. The largest absolute Gasteiger partial charge is 0.449 e. The number of likely N-dealkylation sites (tertiary alicyclic amines) is 1. The number of pyridine rings is 1. The number of carbonyl (C=O) groups is 1. The molecule has 0 saturated carbocycles. The zero-order chi connectivity index (χ0) is 21.4. The van der Waals surface area contributed by atoms with Crippen molar-refractivity contribution in [3.8, 4) is 11.4 Å². The van der Waals surface area contributed by atoms with Gasteiger partial charge in [0.2, 0.25) is 0 Å². The molecule has 2 fully saturated rings. The molecule has 162 valence electrons. The van der Waals surface area contributed by atoms with E-state index in [1.165, 1.54) is 6.20 Å². The third kappa shape index (κ3) is 4.13. The molecule has 0 aliphatic carbocycles. The number of rotatable bonds is 5. The number of ether oxygens (including phenoxy) is 2. The highest BCUT2D eigenvalue weighted by atomic mass is 35.5. The summed E-state index contributed by atoms with van der Waals surface area (Å²) in [4.78, 5) is 29.4. The Morgan fingerprint density at radius 1 is 1.39 bits per heavy atom. The van der Waals surface area contributed by atoms with Crippen molar-refractivity contribution in [3.05, 3.63) is 35.5 Å². The van der Waals surface area contributed by atoms with Crippen LogP contribution in [0.15, 0.2) is 24.7 Å². The second kappa shape index (κ2) is 8.27. The number of hydrogen-bond donors (Lipinski definition) is 2. The maximum absolute atomic E-state index is 14.3. The second-order valence-corrected chi connectivity index (χ2v) is 8.13. The van der Waals surface area contributed by atoms with Crippen LogP contribution in [-0.2, 0) is 9.47 Å². The number of amides is 1. The molecule has 5 rings (SSSR count). The van der Waals surface area contributed by atoms with Crippen LogP contribution in [-0.4, -0.2) is 69.9 Å². The first-order chi connectivity index (χ1) is 15.1. The number of nitrogens with one attached hydrogen (secondary N) is 2. The Hall–Kier alpha value is -2.98. The minimum Gasteiger partial charge on any atom is -0.449 e. The third-order valence-corrected chi connectivity index (χ3v) is 5.64. The molecule has 9 nitrogen and oxygen atoms in total. The Bertz CT molecular complexity index is 1110. The summed E-state index contributed by atoms with van der Waals surface area (Å²) in [6.07, 6.45) is 4.91. The molecule has 2 aliphatic rings.